The Morgan fingerprint density at radius 3 is 2.48 bits per heavy atom. The maximum Gasteiger partial charge on any atom is 0.338 e. The van der Waals surface area contributed by atoms with Crippen molar-refractivity contribution in [1.29, 1.82) is 0 Å². The van der Waals surface area contributed by atoms with Gasteiger partial charge in [-0.3, -0.25) is 23.6 Å². The average molecular weight is 471 g/mol. The van der Waals surface area contributed by atoms with Gasteiger partial charge in [0.25, 0.3) is 17.7 Å². The summed E-state index contributed by atoms with van der Waals surface area (Å²) in [5.74, 6) is -2.22. The van der Waals surface area contributed by atoms with Crippen molar-refractivity contribution < 1.29 is 32.3 Å². The molecule has 3 amide bonds. The van der Waals surface area contributed by atoms with Gasteiger partial charge in [-0.15, -0.1) is 0 Å². The van der Waals surface area contributed by atoms with Gasteiger partial charge in [0.1, 0.15) is 0 Å². The number of imide groups is 1. The number of benzene rings is 2. The topological polar surface area (TPSA) is 130 Å². The zero-order valence-corrected chi connectivity index (χ0v) is 18.9. The third kappa shape index (κ3) is 4.07. The van der Waals surface area contributed by atoms with Crippen LogP contribution in [0.5, 0.6) is 0 Å². The minimum absolute atomic E-state index is 0.188. The van der Waals surface area contributed by atoms with Gasteiger partial charge in [0.15, 0.2) is 6.61 Å². The lowest BCUT2D eigenvalue weighted by atomic mass is 10.1. The summed E-state index contributed by atoms with van der Waals surface area (Å²) < 4.78 is 30.4. The summed E-state index contributed by atoms with van der Waals surface area (Å²) in [4.78, 5) is 49.6. The van der Waals surface area contributed by atoms with Gasteiger partial charge in [0, 0.05) is 18.8 Å². The number of nitrogens with zero attached hydrogens (tertiary/aromatic N) is 2. The van der Waals surface area contributed by atoms with Crippen LogP contribution in [-0.4, -0.2) is 63.0 Å². The van der Waals surface area contributed by atoms with E-state index in [9.17, 15) is 27.6 Å². The van der Waals surface area contributed by atoms with E-state index < -0.39 is 40.3 Å². The molecule has 2 heterocycles. The Hall–Kier alpha value is -3.73. The van der Waals surface area contributed by atoms with Crippen LogP contribution >= 0.6 is 0 Å². The van der Waals surface area contributed by atoms with Crippen molar-refractivity contribution in [2.24, 2.45) is 0 Å². The zero-order chi connectivity index (χ0) is 24.1. The van der Waals surface area contributed by atoms with E-state index in [1.165, 1.54) is 35.6 Å². The number of hydrogen-bond acceptors (Lipinski definition) is 7. The van der Waals surface area contributed by atoms with Crippen LogP contribution in [0, 0.1) is 0 Å². The Kier molecular flexibility index (Phi) is 5.44. The molecule has 2 aliphatic rings. The Labute approximate surface area is 190 Å². The van der Waals surface area contributed by atoms with Crippen LogP contribution in [0.15, 0.2) is 36.4 Å². The molecule has 0 bridgehead atoms. The highest BCUT2D eigenvalue weighted by Gasteiger charge is 2.34. The highest BCUT2D eigenvalue weighted by atomic mass is 32.2. The molecule has 0 saturated carbocycles. The Balaban J connectivity index is 1.39. The highest BCUT2D eigenvalue weighted by Crippen LogP contribution is 2.34. The third-order valence-corrected chi connectivity index (χ3v) is 6.80. The van der Waals surface area contributed by atoms with Crippen molar-refractivity contribution >= 4 is 45.1 Å². The molecule has 0 aliphatic carbocycles. The molecule has 0 spiro atoms. The van der Waals surface area contributed by atoms with Crippen LogP contribution in [0.1, 0.15) is 43.6 Å². The SMILES string of the molecule is CC1Cc2cc(C(=O)OCC(=O)Nc3ccc4c(c3)C(=O)N(C)C4=O)ccc2N1S(C)(=O)=O. The maximum absolute atomic E-state index is 12.4. The first kappa shape index (κ1) is 22.5. The number of ether oxygens (including phenoxy) is 1. The van der Waals surface area contributed by atoms with Crippen LogP contribution in [0.4, 0.5) is 11.4 Å². The van der Waals surface area contributed by atoms with E-state index in [2.05, 4.69) is 5.32 Å². The number of hydrogen-bond donors (Lipinski definition) is 1. The summed E-state index contributed by atoms with van der Waals surface area (Å²) in [6.45, 7) is 1.22. The molecule has 11 heteroatoms. The molecule has 10 nitrogen and oxygen atoms in total. The predicted octanol–water partition coefficient (Wildman–Crippen LogP) is 1.42. The van der Waals surface area contributed by atoms with E-state index in [1.807, 2.05) is 0 Å². The quantitative estimate of drug-likeness (QED) is 0.515. The number of fused-ring (bicyclic) bond motifs is 2. The van der Waals surface area contributed by atoms with Gasteiger partial charge in [0.05, 0.1) is 28.6 Å². The molecular formula is C22H21N3O7S. The highest BCUT2D eigenvalue weighted by molar-refractivity contribution is 7.92. The Morgan fingerprint density at radius 1 is 1.09 bits per heavy atom. The lowest BCUT2D eigenvalue weighted by molar-refractivity contribution is -0.119. The van der Waals surface area contributed by atoms with Gasteiger partial charge in [-0.2, -0.15) is 0 Å². The number of anilines is 2. The standard InChI is InChI=1S/C22H21N3O7S/c1-12-8-14-9-13(4-7-18(14)25(12)33(3,30)31)22(29)32-11-19(26)23-15-5-6-16-17(10-15)21(28)24(2)20(16)27/h4-7,9-10,12H,8,11H2,1-3H3,(H,23,26). The van der Waals surface area contributed by atoms with Crippen LogP contribution in [0.25, 0.3) is 0 Å². The summed E-state index contributed by atoms with van der Waals surface area (Å²) in [6.07, 6.45) is 1.59. The van der Waals surface area contributed by atoms with Gasteiger partial charge in [-0.05, 0) is 55.3 Å². The summed E-state index contributed by atoms with van der Waals surface area (Å²) in [6, 6.07) is 8.64. The molecule has 2 aromatic carbocycles. The van der Waals surface area contributed by atoms with E-state index in [-0.39, 0.29) is 22.7 Å². The number of esters is 1. The van der Waals surface area contributed by atoms with E-state index >= 15 is 0 Å². The van der Waals surface area contributed by atoms with Crippen LogP contribution < -0.4 is 9.62 Å². The maximum atomic E-state index is 12.4. The first-order valence-electron chi connectivity index (χ1n) is 10.0. The molecule has 4 rings (SSSR count). The van der Waals surface area contributed by atoms with Crippen LogP contribution in [0.3, 0.4) is 0 Å². The number of sulfonamides is 1. The van der Waals surface area contributed by atoms with Crippen molar-refractivity contribution in [1.82, 2.24) is 4.90 Å². The smallest absolute Gasteiger partial charge is 0.338 e. The largest absolute Gasteiger partial charge is 0.452 e. The van der Waals surface area contributed by atoms with E-state index in [1.54, 1.807) is 19.1 Å². The average Bonchev–Trinajstić information content (AvgIpc) is 3.20. The van der Waals surface area contributed by atoms with E-state index in [0.717, 1.165) is 11.2 Å². The molecule has 2 aromatic rings. The van der Waals surface area contributed by atoms with Crippen molar-refractivity contribution in [3.8, 4) is 0 Å². The number of carbonyl (C=O) groups excluding carboxylic acids is 4. The van der Waals surface area contributed by atoms with Crippen molar-refractivity contribution in [2.75, 3.05) is 29.5 Å². The fourth-order valence-corrected chi connectivity index (χ4v) is 5.35. The molecular weight excluding hydrogens is 450 g/mol. The normalized spacial score (nSPS) is 17.1. The number of carbonyl (C=O) groups is 4. The summed E-state index contributed by atoms with van der Waals surface area (Å²) in [5.41, 5.74) is 2.16. The molecule has 0 saturated heterocycles. The molecule has 1 N–H and O–H groups in total. The van der Waals surface area contributed by atoms with Gasteiger partial charge < -0.3 is 10.1 Å². The summed E-state index contributed by atoms with van der Waals surface area (Å²) >= 11 is 0. The predicted molar refractivity (Wildman–Crippen MR) is 119 cm³/mol. The molecule has 2 aliphatic heterocycles. The van der Waals surface area contributed by atoms with Crippen molar-refractivity contribution in [3.05, 3.63) is 58.7 Å². The molecule has 1 unspecified atom stereocenters. The number of rotatable bonds is 5. The van der Waals surface area contributed by atoms with Crippen LogP contribution in [0.2, 0.25) is 0 Å². The second kappa shape index (κ2) is 8.00. The summed E-state index contributed by atoms with van der Waals surface area (Å²) in [5, 5.41) is 2.53. The fraction of sp³-hybridized carbons (Fsp3) is 0.273. The summed E-state index contributed by atoms with van der Waals surface area (Å²) in [7, 11) is -2.07. The van der Waals surface area contributed by atoms with Gasteiger partial charge in [-0.25, -0.2) is 13.2 Å². The van der Waals surface area contributed by atoms with Gasteiger partial charge >= 0.3 is 5.97 Å². The number of nitrogens with one attached hydrogen (secondary N) is 1. The molecule has 172 valence electrons. The van der Waals surface area contributed by atoms with Gasteiger partial charge in [-0.1, -0.05) is 0 Å². The molecule has 0 radical (unpaired) electrons. The molecule has 1 atom stereocenters. The zero-order valence-electron chi connectivity index (χ0n) is 18.1. The second-order valence-electron chi connectivity index (χ2n) is 8.01. The van der Waals surface area contributed by atoms with E-state index in [0.29, 0.717) is 23.4 Å². The van der Waals surface area contributed by atoms with E-state index in [4.69, 9.17) is 4.74 Å². The monoisotopic (exact) mass is 471 g/mol. The fourth-order valence-electron chi connectivity index (χ4n) is 4.09. The van der Waals surface area contributed by atoms with Gasteiger partial charge in [0.2, 0.25) is 10.0 Å². The van der Waals surface area contributed by atoms with Crippen LogP contribution in [-0.2, 0) is 26.0 Å². The first-order chi connectivity index (χ1) is 15.5. The Morgan fingerprint density at radius 2 is 1.79 bits per heavy atom. The van der Waals surface area contributed by atoms with Crippen molar-refractivity contribution in [3.63, 3.8) is 0 Å². The molecule has 33 heavy (non-hydrogen) atoms. The molecule has 0 fully saturated rings. The third-order valence-electron chi connectivity index (χ3n) is 5.53. The Bertz CT molecular complexity index is 1320. The second-order valence-corrected chi connectivity index (χ2v) is 9.87. The number of amides is 3. The lowest BCUT2D eigenvalue weighted by Gasteiger charge is -2.21. The van der Waals surface area contributed by atoms with Crippen molar-refractivity contribution in [2.45, 2.75) is 19.4 Å². The lowest BCUT2D eigenvalue weighted by Crippen LogP contribution is -2.34. The first-order valence-corrected chi connectivity index (χ1v) is 11.9. The molecule has 0 aromatic heterocycles. The minimum atomic E-state index is -3.44. The minimum Gasteiger partial charge on any atom is -0.452 e.